The first-order chi connectivity index (χ1) is 15.7. The number of nitrogens with one attached hydrogen (secondary N) is 3. The molecule has 32 heavy (non-hydrogen) atoms. The summed E-state index contributed by atoms with van der Waals surface area (Å²) in [5.41, 5.74) is 2.41. The second-order valence-corrected chi connectivity index (χ2v) is 7.41. The van der Waals surface area contributed by atoms with Gasteiger partial charge in [0.1, 0.15) is 5.82 Å². The summed E-state index contributed by atoms with van der Waals surface area (Å²) < 4.78 is 16.2. The van der Waals surface area contributed by atoms with Gasteiger partial charge >= 0.3 is 0 Å². The van der Waals surface area contributed by atoms with E-state index in [1.165, 1.54) is 0 Å². The molecular formula is C23H28N6O3. The van der Waals surface area contributed by atoms with Crippen molar-refractivity contribution in [2.75, 3.05) is 45.1 Å². The average molecular weight is 437 g/mol. The molecule has 0 aliphatic carbocycles. The van der Waals surface area contributed by atoms with Crippen molar-refractivity contribution in [2.45, 2.75) is 18.9 Å². The predicted octanol–water partition coefficient (Wildman–Crippen LogP) is 3.47. The van der Waals surface area contributed by atoms with Crippen molar-refractivity contribution in [3.63, 3.8) is 0 Å². The second-order valence-electron chi connectivity index (χ2n) is 7.41. The minimum atomic E-state index is 0.452. The van der Waals surface area contributed by atoms with Crippen LogP contribution in [0.3, 0.4) is 0 Å². The molecule has 0 unspecified atom stereocenters. The summed E-state index contributed by atoms with van der Waals surface area (Å²) in [4.78, 5) is 13.5. The molecule has 3 aromatic rings. The van der Waals surface area contributed by atoms with Crippen molar-refractivity contribution in [3.8, 4) is 28.5 Å². The van der Waals surface area contributed by atoms with Gasteiger partial charge < -0.3 is 30.2 Å². The van der Waals surface area contributed by atoms with Crippen LogP contribution in [0.25, 0.3) is 11.3 Å². The zero-order valence-electron chi connectivity index (χ0n) is 18.5. The van der Waals surface area contributed by atoms with Crippen molar-refractivity contribution in [1.82, 2.24) is 20.3 Å². The van der Waals surface area contributed by atoms with E-state index in [1.807, 2.05) is 24.4 Å². The maximum atomic E-state index is 5.41. The van der Waals surface area contributed by atoms with E-state index in [-0.39, 0.29) is 0 Å². The molecule has 0 atom stereocenters. The van der Waals surface area contributed by atoms with Crippen LogP contribution in [0.2, 0.25) is 0 Å². The quantitative estimate of drug-likeness (QED) is 0.490. The van der Waals surface area contributed by atoms with Crippen LogP contribution < -0.4 is 30.2 Å². The molecule has 0 spiro atoms. The molecule has 0 saturated carbocycles. The molecule has 0 radical (unpaired) electrons. The summed E-state index contributed by atoms with van der Waals surface area (Å²) in [5.74, 6) is 2.96. The largest absolute Gasteiger partial charge is 0.493 e. The molecule has 168 valence electrons. The smallest absolute Gasteiger partial charge is 0.227 e. The summed E-state index contributed by atoms with van der Waals surface area (Å²) >= 11 is 0. The number of ether oxygens (including phenoxy) is 3. The Morgan fingerprint density at radius 1 is 0.938 bits per heavy atom. The van der Waals surface area contributed by atoms with E-state index in [0.29, 0.717) is 29.2 Å². The summed E-state index contributed by atoms with van der Waals surface area (Å²) in [6, 6.07) is 9.94. The van der Waals surface area contributed by atoms with Gasteiger partial charge in [-0.1, -0.05) is 0 Å². The molecule has 1 aliphatic heterocycles. The number of hydrogen-bond donors (Lipinski definition) is 3. The Hall–Kier alpha value is -3.59. The minimum Gasteiger partial charge on any atom is -0.493 e. The number of methoxy groups -OCH3 is 3. The van der Waals surface area contributed by atoms with Crippen LogP contribution in [-0.4, -0.2) is 55.4 Å². The van der Waals surface area contributed by atoms with Gasteiger partial charge in [0.25, 0.3) is 0 Å². The Morgan fingerprint density at radius 3 is 2.31 bits per heavy atom. The van der Waals surface area contributed by atoms with E-state index in [0.717, 1.165) is 48.7 Å². The first-order valence-electron chi connectivity index (χ1n) is 10.5. The number of nitrogens with zero attached hydrogens (tertiary/aromatic N) is 3. The third-order valence-corrected chi connectivity index (χ3v) is 5.33. The lowest BCUT2D eigenvalue weighted by molar-refractivity contribution is 0.324. The summed E-state index contributed by atoms with van der Waals surface area (Å²) in [7, 11) is 4.73. The molecule has 4 rings (SSSR count). The number of hydrogen-bond acceptors (Lipinski definition) is 9. The van der Waals surface area contributed by atoms with Crippen molar-refractivity contribution in [1.29, 1.82) is 0 Å². The van der Waals surface area contributed by atoms with Gasteiger partial charge in [0, 0.05) is 41.8 Å². The Labute approximate surface area is 187 Å². The number of aromatic nitrogens is 3. The standard InChI is InChI=1S/C23H28N6O3/c1-30-19-12-17(13-20(31-2)22(19)32-3)28-23-25-11-8-18(29-23)15-4-5-21(26-14-15)27-16-6-9-24-10-7-16/h4-5,8,11-14,16,24H,6-7,9-10H2,1-3H3,(H,26,27)(H,25,28,29). The molecule has 1 aromatic carbocycles. The summed E-state index contributed by atoms with van der Waals surface area (Å²) in [6.45, 7) is 2.08. The maximum Gasteiger partial charge on any atom is 0.227 e. The predicted molar refractivity (Wildman–Crippen MR) is 124 cm³/mol. The fraction of sp³-hybridized carbons (Fsp3) is 0.348. The fourth-order valence-electron chi connectivity index (χ4n) is 3.67. The minimum absolute atomic E-state index is 0.452. The molecular weight excluding hydrogens is 408 g/mol. The van der Waals surface area contributed by atoms with Crippen molar-refractivity contribution < 1.29 is 14.2 Å². The lowest BCUT2D eigenvalue weighted by Gasteiger charge is -2.24. The van der Waals surface area contributed by atoms with Crippen LogP contribution in [0, 0.1) is 0 Å². The van der Waals surface area contributed by atoms with Gasteiger partial charge in [-0.25, -0.2) is 15.0 Å². The molecule has 9 nitrogen and oxygen atoms in total. The highest BCUT2D eigenvalue weighted by Crippen LogP contribution is 2.40. The molecule has 1 fully saturated rings. The molecule has 9 heteroatoms. The van der Waals surface area contributed by atoms with E-state index >= 15 is 0 Å². The average Bonchev–Trinajstić information content (AvgIpc) is 2.84. The normalized spacial score (nSPS) is 14.0. The van der Waals surface area contributed by atoms with Crippen LogP contribution in [0.1, 0.15) is 12.8 Å². The monoisotopic (exact) mass is 436 g/mol. The van der Waals surface area contributed by atoms with Gasteiger partial charge in [-0.2, -0.15) is 0 Å². The Kier molecular flexibility index (Phi) is 6.86. The van der Waals surface area contributed by atoms with Gasteiger partial charge in [-0.15, -0.1) is 0 Å². The van der Waals surface area contributed by atoms with Gasteiger partial charge in [0.2, 0.25) is 11.7 Å². The second kappa shape index (κ2) is 10.1. The molecule has 1 aliphatic rings. The maximum absolute atomic E-state index is 5.41. The van der Waals surface area contributed by atoms with E-state index in [9.17, 15) is 0 Å². The van der Waals surface area contributed by atoms with Crippen LogP contribution in [0.15, 0.2) is 42.7 Å². The van der Waals surface area contributed by atoms with Gasteiger partial charge in [0.15, 0.2) is 11.5 Å². The third kappa shape index (κ3) is 5.00. The Morgan fingerprint density at radius 2 is 1.69 bits per heavy atom. The van der Waals surface area contributed by atoms with Crippen LogP contribution in [0.4, 0.5) is 17.5 Å². The number of anilines is 3. The Balaban J connectivity index is 1.50. The topological polar surface area (TPSA) is 102 Å². The Bertz CT molecular complexity index is 1010. The lowest BCUT2D eigenvalue weighted by Crippen LogP contribution is -2.35. The van der Waals surface area contributed by atoms with Gasteiger partial charge in [-0.05, 0) is 44.1 Å². The zero-order valence-corrected chi connectivity index (χ0v) is 18.5. The highest BCUT2D eigenvalue weighted by atomic mass is 16.5. The SMILES string of the molecule is COc1cc(Nc2nccc(-c3ccc(NC4CCNCC4)nc3)n2)cc(OC)c1OC. The fourth-order valence-corrected chi connectivity index (χ4v) is 3.67. The third-order valence-electron chi connectivity index (χ3n) is 5.33. The highest BCUT2D eigenvalue weighted by molar-refractivity contribution is 5.67. The first kappa shape index (κ1) is 21.6. The van der Waals surface area contributed by atoms with Crippen molar-refractivity contribution in [2.24, 2.45) is 0 Å². The van der Waals surface area contributed by atoms with Gasteiger partial charge in [0.05, 0.1) is 27.0 Å². The van der Waals surface area contributed by atoms with Crippen LogP contribution in [0.5, 0.6) is 17.2 Å². The van der Waals surface area contributed by atoms with Gasteiger partial charge in [-0.3, -0.25) is 0 Å². The highest BCUT2D eigenvalue weighted by Gasteiger charge is 2.15. The van der Waals surface area contributed by atoms with Crippen molar-refractivity contribution >= 4 is 17.5 Å². The zero-order chi connectivity index (χ0) is 22.3. The molecule has 1 saturated heterocycles. The van der Waals surface area contributed by atoms with Crippen LogP contribution >= 0.6 is 0 Å². The summed E-state index contributed by atoms with van der Waals surface area (Å²) in [6.07, 6.45) is 5.75. The van der Waals surface area contributed by atoms with Crippen molar-refractivity contribution in [3.05, 3.63) is 42.7 Å². The molecule has 3 heterocycles. The number of benzene rings is 1. The van der Waals surface area contributed by atoms with E-state index in [1.54, 1.807) is 39.7 Å². The summed E-state index contributed by atoms with van der Waals surface area (Å²) in [5, 5.41) is 10.1. The number of piperidine rings is 1. The molecule has 3 N–H and O–H groups in total. The molecule has 2 aromatic heterocycles. The number of rotatable bonds is 8. The van der Waals surface area contributed by atoms with E-state index < -0.39 is 0 Å². The number of pyridine rings is 1. The first-order valence-corrected chi connectivity index (χ1v) is 10.5. The molecule has 0 amide bonds. The van der Waals surface area contributed by atoms with E-state index in [4.69, 9.17) is 14.2 Å². The molecule has 0 bridgehead atoms. The van der Waals surface area contributed by atoms with Crippen LogP contribution in [-0.2, 0) is 0 Å². The lowest BCUT2D eigenvalue weighted by atomic mass is 10.1. The van der Waals surface area contributed by atoms with E-state index in [2.05, 4.69) is 30.9 Å².